The maximum atomic E-state index is 11.1. The first-order chi connectivity index (χ1) is 30.7. The summed E-state index contributed by atoms with van der Waals surface area (Å²) in [6.07, 6.45) is 8.74. The van der Waals surface area contributed by atoms with Crippen molar-refractivity contribution >= 4 is 93.1 Å². The summed E-state index contributed by atoms with van der Waals surface area (Å²) in [5.41, 5.74) is 13.2. The predicted octanol–water partition coefficient (Wildman–Crippen LogP) is 14.8. The Balaban J connectivity index is 1.20. The molecule has 0 unspecified atom stereocenters. The largest absolute Gasteiger partial charge is 0.455 e. The van der Waals surface area contributed by atoms with Crippen LogP contribution in [0, 0.1) is 22.7 Å². The van der Waals surface area contributed by atoms with Crippen molar-refractivity contribution in [1.82, 2.24) is 9.13 Å². The molecule has 0 bridgehead atoms. The van der Waals surface area contributed by atoms with Gasteiger partial charge in [0.15, 0.2) is 0 Å². The maximum Gasteiger partial charge on any atom is 0.145 e. The van der Waals surface area contributed by atoms with Crippen LogP contribution in [0.5, 0.6) is 0 Å². The molecule has 0 radical (unpaired) electrons. The molecule has 0 amide bonds. The van der Waals surface area contributed by atoms with Crippen molar-refractivity contribution in [2.75, 3.05) is 0 Å². The van der Waals surface area contributed by atoms with Crippen molar-refractivity contribution in [1.29, 1.82) is 10.5 Å². The smallest absolute Gasteiger partial charge is 0.145 e. The van der Waals surface area contributed by atoms with Crippen molar-refractivity contribution in [3.8, 4) is 34.6 Å². The average Bonchev–Trinajstić information content (AvgIpc) is 4.08. The lowest BCUT2D eigenvalue weighted by molar-refractivity contribution is 0.672. The van der Waals surface area contributed by atoms with Gasteiger partial charge in [0.25, 0.3) is 0 Å². The van der Waals surface area contributed by atoms with Crippen LogP contribution in [0.4, 0.5) is 0 Å². The number of nitrogens with zero attached hydrogens (tertiary/aromatic N) is 4. The zero-order valence-corrected chi connectivity index (χ0v) is 33.2. The van der Waals surface area contributed by atoms with E-state index in [1.165, 1.54) is 5.57 Å². The number of hydrogen-bond donors (Lipinski definition) is 0. The zero-order chi connectivity index (χ0) is 41.1. The molecule has 4 aromatic heterocycles. The molecule has 0 saturated carbocycles. The first-order valence-corrected chi connectivity index (χ1v) is 20.9. The quantitative estimate of drug-likeness (QED) is 0.178. The Morgan fingerprint density at radius 1 is 0.435 bits per heavy atom. The molecule has 0 spiro atoms. The summed E-state index contributed by atoms with van der Waals surface area (Å²) in [6.45, 7) is 0. The van der Waals surface area contributed by atoms with Crippen molar-refractivity contribution in [2.45, 2.75) is 12.8 Å². The van der Waals surface area contributed by atoms with Crippen LogP contribution in [0.25, 0.3) is 116 Å². The van der Waals surface area contributed by atoms with E-state index in [1.54, 1.807) is 12.1 Å². The minimum absolute atomic E-state index is 0.434. The second-order valence-corrected chi connectivity index (χ2v) is 16.1. The summed E-state index contributed by atoms with van der Waals surface area (Å²) in [4.78, 5) is 0. The van der Waals surface area contributed by atoms with E-state index in [0.29, 0.717) is 22.5 Å². The van der Waals surface area contributed by atoms with Gasteiger partial charge in [-0.15, -0.1) is 0 Å². The first-order valence-electron chi connectivity index (χ1n) is 20.9. The minimum atomic E-state index is 0.434. The van der Waals surface area contributed by atoms with E-state index < -0.39 is 0 Å². The highest BCUT2D eigenvalue weighted by atomic mass is 16.3. The molecule has 0 aliphatic heterocycles. The number of aromatic nitrogens is 2. The highest BCUT2D eigenvalue weighted by Gasteiger charge is 2.28. The monoisotopic (exact) mass is 792 g/mol. The maximum absolute atomic E-state index is 11.1. The summed E-state index contributed by atoms with van der Waals surface area (Å²) in [5.74, 6) is 0. The number of furan rings is 2. The number of nitriles is 2. The summed E-state index contributed by atoms with van der Waals surface area (Å²) in [7, 11) is 0. The van der Waals surface area contributed by atoms with E-state index >= 15 is 0 Å². The van der Waals surface area contributed by atoms with Gasteiger partial charge in [-0.05, 0) is 108 Å². The standard InChI is InChI=1S/C56H32N4O2/c57-31-37-19-20-38(32-58)54(60-46-26-22-36(34-13-5-2-6-14-34)30-44(46)52-48(60)28-24-42-40-16-8-10-18-50(40)62-56(42)52)53(37)59-45-25-21-35(33-11-3-1-4-12-33)29-43(45)51-47(59)27-23-41-39-15-7-9-17-49(39)61-55(41)51/h1,3-5,7-30H,2,6H2. The molecular weight excluding hydrogens is 761 g/mol. The van der Waals surface area contributed by atoms with Crippen LogP contribution in [0.3, 0.4) is 0 Å². The van der Waals surface area contributed by atoms with E-state index in [0.717, 1.165) is 117 Å². The molecule has 13 rings (SSSR count). The molecule has 0 atom stereocenters. The van der Waals surface area contributed by atoms with Gasteiger partial charge in [-0.2, -0.15) is 10.5 Å². The Labute approximate surface area is 354 Å². The molecule has 1 aliphatic rings. The van der Waals surface area contributed by atoms with Crippen LogP contribution < -0.4 is 0 Å². The van der Waals surface area contributed by atoms with E-state index in [4.69, 9.17) is 8.83 Å². The van der Waals surface area contributed by atoms with Gasteiger partial charge in [0, 0.05) is 32.3 Å². The Bertz CT molecular complexity index is 4060. The minimum Gasteiger partial charge on any atom is -0.455 e. The SMILES string of the molecule is N#Cc1ccc(C#N)c(-n2c3ccc(-c4ccccc4)cc3c3c4oc5ccccc5c4ccc32)c1-n1c2ccc(C3=CCCC=C3)cc2c2c3oc4ccccc4c3ccc21. The van der Waals surface area contributed by atoms with Crippen LogP contribution >= 0.6 is 0 Å². The second kappa shape index (κ2) is 13.0. The summed E-state index contributed by atoms with van der Waals surface area (Å²) in [5, 5.41) is 30.3. The lowest BCUT2D eigenvalue weighted by Gasteiger charge is -2.19. The van der Waals surface area contributed by atoms with Gasteiger partial charge >= 0.3 is 0 Å². The van der Waals surface area contributed by atoms with Gasteiger partial charge in [0.2, 0.25) is 0 Å². The lowest BCUT2D eigenvalue weighted by atomic mass is 9.97. The Kier molecular flexibility index (Phi) is 7.17. The first kappa shape index (κ1) is 34.3. The number of para-hydroxylation sites is 2. The molecule has 288 valence electrons. The molecule has 0 fully saturated rings. The molecule has 4 heterocycles. The molecule has 62 heavy (non-hydrogen) atoms. The molecular formula is C56H32N4O2. The molecule has 0 saturated heterocycles. The van der Waals surface area contributed by atoms with Crippen LogP contribution in [-0.4, -0.2) is 9.13 Å². The average molecular weight is 793 g/mol. The third kappa shape index (κ3) is 4.72. The fourth-order valence-corrected chi connectivity index (χ4v) is 10.1. The Morgan fingerprint density at radius 2 is 0.952 bits per heavy atom. The number of allylic oxidation sites excluding steroid dienone is 4. The Morgan fingerprint density at radius 3 is 1.50 bits per heavy atom. The highest BCUT2D eigenvalue weighted by Crippen LogP contribution is 2.47. The fourth-order valence-electron chi connectivity index (χ4n) is 10.1. The molecule has 8 aromatic carbocycles. The summed E-state index contributed by atoms with van der Waals surface area (Å²) >= 11 is 0. The van der Waals surface area contributed by atoms with E-state index in [1.807, 2.05) is 42.5 Å². The normalized spacial score (nSPS) is 13.0. The summed E-state index contributed by atoms with van der Waals surface area (Å²) in [6, 6.07) is 56.9. The van der Waals surface area contributed by atoms with Gasteiger partial charge in [-0.3, -0.25) is 0 Å². The molecule has 6 nitrogen and oxygen atoms in total. The number of hydrogen-bond acceptors (Lipinski definition) is 4. The predicted molar refractivity (Wildman–Crippen MR) is 251 cm³/mol. The highest BCUT2D eigenvalue weighted by molar-refractivity contribution is 6.26. The third-order valence-corrected chi connectivity index (χ3v) is 12.8. The number of rotatable bonds is 4. The van der Waals surface area contributed by atoms with E-state index in [2.05, 4.69) is 137 Å². The summed E-state index contributed by atoms with van der Waals surface area (Å²) < 4.78 is 17.9. The van der Waals surface area contributed by atoms with Gasteiger partial charge in [-0.1, -0.05) is 97.1 Å². The van der Waals surface area contributed by atoms with Crippen molar-refractivity contribution in [3.05, 3.63) is 187 Å². The van der Waals surface area contributed by atoms with Crippen molar-refractivity contribution in [3.63, 3.8) is 0 Å². The van der Waals surface area contributed by atoms with Crippen LogP contribution in [0.2, 0.25) is 0 Å². The van der Waals surface area contributed by atoms with Crippen LogP contribution in [-0.2, 0) is 0 Å². The van der Waals surface area contributed by atoms with Crippen LogP contribution in [0.15, 0.2) is 179 Å². The fraction of sp³-hybridized carbons (Fsp3) is 0.0357. The second-order valence-electron chi connectivity index (χ2n) is 16.1. The van der Waals surface area contributed by atoms with Gasteiger partial charge in [-0.25, -0.2) is 0 Å². The van der Waals surface area contributed by atoms with Crippen molar-refractivity contribution in [2.24, 2.45) is 0 Å². The lowest BCUT2D eigenvalue weighted by Crippen LogP contribution is -2.08. The van der Waals surface area contributed by atoms with Crippen molar-refractivity contribution < 1.29 is 8.83 Å². The third-order valence-electron chi connectivity index (χ3n) is 12.8. The molecule has 12 aromatic rings. The van der Waals surface area contributed by atoms with Gasteiger partial charge in [0.1, 0.15) is 34.5 Å². The topological polar surface area (TPSA) is 83.7 Å². The number of benzene rings is 8. The van der Waals surface area contributed by atoms with E-state index in [-0.39, 0.29) is 0 Å². The molecule has 0 N–H and O–H groups in total. The Hall–Kier alpha value is -8.58. The molecule has 1 aliphatic carbocycles. The molecule has 6 heteroatoms. The van der Waals surface area contributed by atoms with E-state index in [9.17, 15) is 10.5 Å². The van der Waals surface area contributed by atoms with Gasteiger partial charge < -0.3 is 18.0 Å². The number of fused-ring (bicyclic) bond motifs is 14. The van der Waals surface area contributed by atoms with Crippen LogP contribution in [0.1, 0.15) is 29.5 Å². The zero-order valence-electron chi connectivity index (χ0n) is 33.2. The van der Waals surface area contributed by atoms with Gasteiger partial charge in [0.05, 0.1) is 55.3 Å².